The molecule has 1 N–H and O–H groups in total. The second kappa shape index (κ2) is 6.34. The number of sulfonamides is 1. The van der Waals surface area contributed by atoms with Crippen molar-refractivity contribution in [2.75, 3.05) is 0 Å². The summed E-state index contributed by atoms with van der Waals surface area (Å²) in [5.41, 5.74) is -1.25. The SMILES string of the molecule is Cc1nn(C)c(Cl)c1S(=O)(=O)NCc1ccc(C(F)(F)F)cc1F. The van der Waals surface area contributed by atoms with Crippen molar-refractivity contribution in [3.63, 3.8) is 0 Å². The van der Waals surface area contributed by atoms with Gasteiger partial charge in [-0.1, -0.05) is 17.7 Å². The van der Waals surface area contributed by atoms with Crippen LogP contribution in [0.1, 0.15) is 16.8 Å². The highest BCUT2D eigenvalue weighted by Gasteiger charge is 2.31. The van der Waals surface area contributed by atoms with Crippen LogP contribution in [-0.4, -0.2) is 18.2 Å². The van der Waals surface area contributed by atoms with Crippen LogP contribution in [-0.2, 0) is 29.8 Å². The number of hydrogen-bond donors (Lipinski definition) is 1. The van der Waals surface area contributed by atoms with Gasteiger partial charge in [0.05, 0.1) is 11.3 Å². The topological polar surface area (TPSA) is 64.0 Å². The molecule has 5 nitrogen and oxygen atoms in total. The van der Waals surface area contributed by atoms with Gasteiger partial charge in [-0.05, 0) is 19.1 Å². The Labute approximate surface area is 140 Å². The maximum Gasteiger partial charge on any atom is 0.416 e. The van der Waals surface area contributed by atoms with Crippen LogP contribution in [0.3, 0.4) is 0 Å². The van der Waals surface area contributed by atoms with Gasteiger partial charge in [-0.25, -0.2) is 17.5 Å². The van der Waals surface area contributed by atoms with Gasteiger partial charge in [0, 0.05) is 19.2 Å². The summed E-state index contributed by atoms with van der Waals surface area (Å²) >= 11 is 5.86. The Morgan fingerprint density at radius 3 is 2.42 bits per heavy atom. The Morgan fingerprint density at radius 1 is 1.33 bits per heavy atom. The van der Waals surface area contributed by atoms with Crippen LogP contribution in [0.5, 0.6) is 0 Å². The molecule has 1 aromatic carbocycles. The van der Waals surface area contributed by atoms with E-state index in [2.05, 4.69) is 9.82 Å². The summed E-state index contributed by atoms with van der Waals surface area (Å²) in [5, 5.41) is 3.72. The first kappa shape index (κ1) is 18.7. The summed E-state index contributed by atoms with van der Waals surface area (Å²) in [6, 6.07) is 1.86. The van der Waals surface area contributed by atoms with Gasteiger partial charge in [0.25, 0.3) is 0 Å². The Balaban J connectivity index is 2.24. The van der Waals surface area contributed by atoms with Crippen molar-refractivity contribution >= 4 is 21.6 Å². The van der Waals surface area contributed by atoms with Crippen LogP contribution in [0.2, 0.25) is 5.15 Å². The summed E-state index contributed by atoms with van der Waals surface area (Å²) in [5.74, 6) is -1.17. The lowest BCUT2D eigenvalue weighted by molar-refractivity contribution is -0.137. The largest absolute Gasteiger partial charge is 0.416 e. The molecule has 11 heteroatoms. The van der Waals surface area contributed by atoms with Crippen LogP contribution in [0.25, 0.3) is 0 Å². The smallest absolute Gasteiger partial charge is 0.255 e. The first-order valence-corrected chi connectivity index (χ1v) is 8.34. The number of nitrogens with one attached hydrogen (secondary N) is 1. The monoisotopic (exact) mass is 385 g/mol. The van der Waals surface area contributed by atoms with Gasteiger partial charge in [0.15, 0.2) is 0 Å². The molecule has 1 heterocycles. The molecule has 1 aromatic heterocycles. The lowest BCUT2D eigenvalue weighted by Gasteiger charge is -2.10. The molecule has 24 heavy (non-hydrogen) atoms. The third-order valence-corrected chi connectivity index (χ3v) is 5.30. The zero-order valence-corrected chi connectivity index (χ0v) is 14.0. The molecule has 0 aliphatic carbocycles. The molecule has 0 bridgehead atoms. The molecule has 0 saturated heterocycles. The normalized spacial score (nSPS) is 12.6. The quantitative estimate of drug-likeness (QED) is 0.823. The van der Waals surface area contributed by atoms with E-state index in [1.165, 1.54) is 14.0 Å². The molecule has 0 spiro atoms. The second-order valence-corrected chi connectivity index (χ2v) is 7.02. The first-order valence-electron chi connectivity index (χ1n) is 6.48. The van der Waals surface area contributed by atoms with Crippen LogP contribution in [0, 0.1) is 12.7 Å². The molecule has 0 saturated carbocycles. The Morgan fingerprint density at radius 2 is 1.96 bits per heavy atom. The van der Waals surface area contributed by atoms with Gasteiger partial charge in [0.1, 0.15) is 15.9 Å². The van der Waals surface area contributed by atoms with Crippen molar-refractivity contribution in [3.05, 3.63) is 46.0 Å². The Kier molecular flexibility index (Phi) is 4.93. The summed E-state index contributed by atoms with van der Waals surface area (Å²) in [6.07, 6.45) is -4.68. The zero-order chi connectivity index (χ0) is 18.3. The average Bonchev–Trinajstić information content (AvgIpc) is 2.70. The van der Waals surface area contributed by atoms with Gasteiger partial charge in [0.2, 0.25) is 10.0 Å². The van der Waals surface area contributed by atoms with E-state index in [-0.39, 0.29) is 21.3 Å². The lowest BCUT2D eigenvalue weighted by atomic mass is 10.1. The number of benzene rings is 1. The van der Waals surface area contributed by atoms with Gasteiger partial charge >= 0.3 is 6.18 Å². The van der Waals surface area contributed by atoms with Crippen LogP contribution in [0.15, 0.2) is 23.1 Å². The molecule has 0 atom stereocenters. The summed E-state index contributed by atoms with van der Waals surface area (Å²) in [4.78, 5) is -0.265. The van der Waals surface area contributed by atoms with Gasteiger partial charge in [-0.15, -0.1) is 0 Å². The maximum atomic E-state index is 13.7. The minimum absolute atomic E-state index is 0.132. The molecular formula is C13H12ClF4N3O2S. The Bertz CT molecular complexity index is 878. The number of aryl methyl sites for hydroxylation is 2. The molecule has 0 radical (unpaired) electrons. The molecule has 0 fully saturated rings. The molecule has 132 valence electrons. The van der Waals surface area contributed by atoms with Crippen molar-refractivity contribution < 1.29 is 26.0 Å². The van der Waals surface area contributed by atoms with Crippen molar-refractivity contribution in [1.82, 2.24) is 14.5 Å². The highest BCUT2D eigenvalue weighted by atomic mass is 35.5. The van der Waals surface area contributed by atoms with E-state index < -0.39 is 34.1 Å². The fourth-order valence-electron chi connectivity index (χ4n) is 2.03. The van der Waals surface area contributed by atoms with Crippen molar-refractivity contribution in [3.8, 4) is 0 Å². The summed E-state index contributed by atoms with van der Waals surface area (Å²) in [7, 11) is -2.66. The van der Waals surface area contributed by atoms with Crippen molar-refractivity contribution in [1.29, 1.82) is 0 Å². The molecule has 0 amide bonds. The van der Waals surface area contributed by atoms with E-state index in [0.717, 1.165) is 10.7 Å². The minimum Gasteiger partial charge on any atom is -0.255 e. The van der Waals surface area contributed by atoms with Crippen molar-refractivity contribution in [2.45, 2.75) is 24.5 Å². The highest BCUT2D eigenvalue weighted by Crippen LogP contribution is 2.30. The molecular weight excluding hydrogens is 374 g/mol. The number of rotatable bonds is 4. The fourth-order valence-corrected chi connectivity index (χ4v) is 3.78. The Hall–Kier alpha value is -1.65. The number of halogens is 5. The van der Waals surface area contributed by atoms with Gasteiger partial charge < -0.3 is 0 Å². The molecule has 0 aliphatic heterocycles. The number of aromatic nitrogens is 2. The average molecular weight is 386 g/mol. The lowest BCUT2D eigenvalue weighted by Crippen LogP contribution is -2.24. The predicted octanol–water partition coefficient (Wildman–Crippen LogP) is 3.02. The minimum atomic E-state index is -4.68. The molecule has 2 aromatic rings. The number of hydrogen-bond acceptors (Lipinski definition) is 3. The van der Waals surface area contributed by atoms with E-state index in [0.29, 0.717) is 12.1 Å². The zero-order valence-electron chi connectivity index (χ0n) is 12.4. The van der Waals surface area contributed by atoms with Gasteiger partial charge in [-0.3, -0.25) is 4.68 Å². The number of nitrogens with zero attached hydrogens (tertiary/aromatic N) is 2. The predicted molar refractivity (Wildman–Crippen MR) is 78.4 cm³/mol. The number of alkyl halides is 3. The van der Waals surface area contributed by atoms with Gasteiger partial charge in [-0.2, -0.15) is 18.3 Å². The molecule has 0 unspecified atom stereocenters. The summed E-state index contributed by atoms with van der Waals surface area (Å²) in [6.45, 7) is 0.899. The van der Waals surface area contributed by atoms with Crippen LogP contribution < -0.4 is 4.72 Å². The van der Waals surface area contributed by atoms with E-state index in [1.807, 2.05) is 0 Å². The fraction of sp³-hybridized carbons (Fsp3) is 0.308. The molecule has 2 rings (SSSR count). The van der Waals surface area contributed by atoms with Crippen LogP contribution in [0.4, 0.5) is 17.6 Å². The summed E-state index contributed by atoms with van der Waals surface area (Å²) < 4.78 is 78.9. The van der Waals surface area contributed by atoms with E-state index in [4.69, 9.17) is 11.6 Å². The maximum absolute atomic E-state index is 13.7. The van der Waals surface area contributed by atoms with E-state index in [9.17, 15) is 26.0 Å². The van der Waals surface area contributed by atoms with E-state index in [1.54, 1.807) is 0 Å². The van der Waals surface area contributed by atoms with Crippen LogP contribution >= 0.6 is 11.6 Å². The standard InChI is InChI=1S/C13H12ClF4N3O2S/c1-7-11(12(14)21(2)20-7)24(22,23)19-6-8-3-4-9(5-10(8)15)13(16,17)18/h3-5,19H,6H2,1-2H3. The molecule has 0 aliphatic rings. The highest BCUT2D eigenvalue weighted by molar-refractivity contribution is 7.89. The van der Waals surface area contributed by atoms with Crippen molar-refractivity contribution in [2.24, 2.45) is 7.05 Å². The second-order valence-electron chi connectivity index (χ2n) is 4.96. The first-order chi connectivity index (χ1) is 10.9. The van der Waals surface area contributed by atoms with E-state index >= 15 is 0 Å². The third-order valence-electron chi connectivity index (χ3n) is 3.20. The third kappa shape index (κ3) is 3.70.